The largest absolute Gasteiger partial charge is 0.481 e. The van der Waals surface area contributed by atoms with Crippen LogP contribution in [0.5, 0.6) is 0 Å². The maximum atomic E-state index is 13.9. The number of methoxy groups -OCH3 is 1. The normalized spacial score (nSPS) is 20.0. The van der Waals surface area contributed by atoms with Gasteiger partial charge in [0.25, 0.3) is 0 Å². The summed E-state index contributed by atoms with van der Waals surface area (Å²) >= 11 is 0. The first kappa shape index (κ1) is 17.1. The Kier molecular flexibility index (Phi) is 5.13. The number of fused-ring (bicyclic) bond motifs is 1. The molecule has 0 unspecified atom stereocenters. The van der Waals surface area contributed by atoms with E-state index < -0.39 is 23.2 Å². The van der Waals surface area contributed by atoms with Gasteiger partial charge >= 0.3 is 11.9 Å². The third-order valence-corrected chi connectivity index (χ3v) is 4.46. The van der Waals surface area contributed by atoms with Crippen molar-refractivity contribution < 1.29 is 28.6 Å². The van der Waals surface area contributed by atoms with Crippen LogP contribution in [-0.2, 0) is 20.7 Å². The van der Waals surface area contributed by atoms with E-state index in [0.29, 0.717) is 18.4 Å². The number of halogens is 1. The average molecular weight is 322 g/mol. The van der Waals surface area contributed by atoms with Gasteiger partial charge in [-0.25, -0.2) is 4.39 Å². The molecule has 0 aliphatic heterocycles. The summed E-state index contributed by atoms with van der Waals surface area (Å²) in [5.41, 5.74) is -0.352. The van der Waals surface area contributed by atoms with Crippen molar-refractivity contribution in [3.8, 4) is 0 Å². The molecule has 0 saturated heterocycles. The first-order chi connectivity index (χ1) is 10.9. The zero-order chi connectivity index (χ0) is 17.0. The molecule has 124 valence electrons. The van der Waals surface area contributed by atoms with Gasteiger partial charge in [-0.2, -0.15) is 0 Å². The predicted molar refractivity (Wildman–Crippen MR) is 79.6 cm³/mol. The molecule has 0 radical (unpaired) electrons. The molecule has 0 aromatic heterocycles. The van der Waals surface area contributed by atoms with E-state index in [-0.39, 0.29) is 37.0 Å². The third kappa shape index (κ3) is 3.57. The Morgan fingerprint density at radius 2 is 2.13 bits per heavy atom. The zero-order valence-corrected chi connectivity index (χ0v) is 12.9. The molecule has 1 aliphatic rings. The summed E-state index contributed by atoms with van der Waals surface area (Å²) < 4.78 is 18.5. The van der Waals surface area contributed by atoms with Crippen molar-refractivity contribution in [3.05, 3.63) is 35.1 Å². The lowest BCUT2D eigenvalue weighted by molar-refractivity contribution is -0.143. The molecule has 5 nitrogen and oxygen atoms in total. The maximum absolute atomic E-state index is 13.9. The smallest absolute Gasteiger partial charge is 0.306 e. The van der Waals surface area contributed by atoms with Gasteiger partial charge < -0.3 is 9.84 Å². The maximum Gasteiger partial charge on any atom is 0.306 e. The average Bonchev–Trinajstić information content (AvgIpc) is 2.51. The lowest BCUT2D eigenvalue weighted by Gasteiger charge is -2.36. The van der Waals surface area contributed by atoms with Crippen molar-refractivity contribution >= 4 is 17.7 Å². The fourth-order valence-corrected chi connectivity index (χ4v) is 3.21. The van der Waals surface area contributed by atoms with Crippen LogP contribution in [0.15, 0.2) is 18.2 Å². The summed E-state index contributed by atoms with van der Waals surface area (Å²) in [5, 5.41) is 8.79. The minimum Gasteiger partial charge on any atom is -0.481 e. The van der Waals surface area contributed by atoms with Crippen LogP contribution >= 0.6 is 0 Å². The fourth-order valence-electron chi connectivity index (χ4n) is 3.21. The van der Waals surface area contributed by atoms with Crippen LogP contribution in [0.4, 0.5) is 4.39 Å². The molecule has 1 N–H and O–H groups in total. The molecular weight excluding hydrogens is 303 g/mol. The molecule has 1 aromatic rings. The molecule has 1 aromatic carbocycles. The molecule has 0 bridgehead atoms. The van der Waals surface area contributed by atoms with Gasteiger partial charge in [0.05, 0.1) is 13.5 Å². The minimum absolute atomic E-state index is 0.0772. The van der Waals surface area contributed by atoms with Crippen LogP contribution in [0.1, 0.15) is 48.0 Å². The Balaban J connectivity index is 2.32. The highest BCUT2D eigenvalue weighted by molar-refractivity contribution is 6.04. The minimum atomic E-state index is -1.01. The standard InChI is InChI=1S/C17H19FO5/c1-23-15(21)10-17(8-3-6-14(19)20)9-7-11-12(16(17)22)4-2-5-13(11)18/h2,4-5H,3,6-10H2,1H3,(H,19,20)/t17-/m0/s1. The Bertz CT molecular complexity index is 640. The van der Waals surface area contributed by atoms with Crippen molar-refractivity contribution in [3.63, 3.8) is 0 Å². The SMILES string of the molecule is COC(=O)C[C@]1(CCCC(=O)O)CCc2c(F)cccc2C1=O. The lowest BCUT2D eigenvalue weighted by atomic mass is 9.66. The second-order valence-electron chi connectivity index (χ2n) is 5.88. The number of hydrogen-bond acceptors (Lipinski definition) is 4. The molecule has 2 rings (SSSR count). The molecule has 1 atom stereocenters. The summed E-state index contributed by atoms with van der Waals surface area (Å²) in [7, 11) is 1.24. The van der Waals surface area contributed by atoms with E-state index in [9.17, 15) is 18.8 Å². The molecule has 6 heteroatoms. The molecule has 0 spiro atoms. The highest BCUT2D eigenvalue weighted by Gasteiger charge is 2.44. The number of ether oxygens (including phenoxy) is 1. The summed E-state index contributed by atoms with van der Waals surface area (Å²) in [6, 6.07) is 4.34. The van der Waals surface area contributed by atoms with E-state index in [4.69, 9.17) is 5.11 Å². The van der Waals surface area contributed by atoms with E-state index in [1.54, 1.807) is 6.07 Å². The van der Waals surface area contributed by atoms with Crippen LogP contribution in [-0.4, -0.2) is 29.9 Å². The number of aliphatic carboxylic acids is 1. The van der Waals surface area contributed by atoms with E-state index in [2.05, 4.69) is 4.74 Å². The Labute approximate surface area is 133 Å². The molecule has 0 amide bonds. The second kappa shape index (κ2) is 6.89. The highest BCUT2D eigenvalue weighted by atomic mass is 19.1. The molecule has 1 aliphatic carbocycles. The van der Waals surface area contributed by atoms with Gasteiger partial charge in [-0.1, -0.05) is 12.1 Å². The number of esters is 1. The Hall–Kier alpha value is -2.24. The molecule has 0 saturated carbocycles. The van der Waals surface area contributed by atoms with Crippen LogP contribution < -0.4 is 0 Å². The number of carbonyl (C=O) groups excluding carboxylic acids is 2. The number of ketones is 1. The summed E-state index contributed by atoms with van der Waals surface area (Å²) in [5.74, 6) is -2.19. The first-order valence-corrected chi connectivity index (χ1v) is 7.50. The van der Waals surface area contributed by atoms with Gasteiger partial charge in [0, 0.05) is 17.4 Å². The van der Waals surface area contributed by atoms with Gasteiger partial charge in [-0.3, -0.25) is 14.4 Å². The number of Topliss-reactive ketones (excluding diaryl/α,β-unsaturated/α-hetero) is 1. The number of carboxylic acid groups (broad SMARTS) is 1. The Morgan fingerprint density at radius 1 is 1.39 bits per heavy atom. The zero-order valence-electron chi connectivity index (χ0n) is 12.9. The summed E-state index contributed by atoms with van der Waals surface area (Å²) in [6.45, 7) is 0. The molecular formula is C17H19FO5. The number of carbonyl (C=O) groups is 3. The van der Waals surface area contributed by atoms with Crippen LogP contribution in [0, 0.1) is 11.2 Å². The molecule has 0 fully saturated rings. The van der Waals surface area contributed by atoms with Crippen LogP contribution in [0.2, 0.25) is 0 Å². The van der Waals surface area contributed by atoms with Gasteiger partial charge in [0.1, 0.15) is 5.82 Å². The van der Waals surface area contributed by atoms with Crippen LogP contribution in [0.25, 0.3) is 0 Å². The summed E-state index contributed by atoms with van der Waals surface area (Å²) in [4.78, 5) is 35.4. The monoisotopic (exact) mass is 322 g/mol. The van der Waals surface area contributed by atoms with Gasteiger partial charge in [0.2, 0.25) is 0 Å². The quantitative estimate of drug-likeness (QED) is 0.815. The third-order valence-electron chi connectivity index (χ3n) is 4.46. The van der Waals surface area contributed by atoms with Crippen molar-refractivity contribution in [1.29, 1.82) is 0 Å². The fraction of sp³-hybridized carbons (Fsp3) is 0.471. The molecule has 0 heterocycles. The van der Waals surface area contributed by atoms with E-state index in [0.717, 1.165) is 0 Å². The predicted octanol–water partition coefficient (Wildman–Crippen LogP) is 2.76. The van der Waals surface area contributed by atoms with Gasteiger partial charge in [-0.15, -0.1) is 0 Å². The van der Waals surface area contributed by atoms with Gasteiger partial charge in [-0.05, 0) is 37.3 Å². The van der Waals surface area contributed by atoms with Crippen molar-refractivity contribution in [2.75, 3.05) is 7.11 Å². The number of carboxylic acids is 1. The lowest BCUT2D eigenvalue weighted by Crippen LogP contribution is -2.39. The molecule has 23 heavy (non-hydrogen) atoms. The van der Waals surface area contributed by atoms with Gasteiger partial charge in [0.15, 0.2) is 5.78 Å². The number of hydrogen-bond donors (Lipinski definition) is 1. The van der Waals surface area contributed by atoms with Crippen LogP contribution in [0.3, 0.4) is 0 Å². The topological polar surface area (TPSA) is 80.7 Å². The first-order valence-electron chi connectivity index (χ1n) is 7.50. The van der Waals surface area contributed by atoms with Crippen molar-refractivity contribution in [2.45, 2.75) is 38.5 Å². The van der Waals surface area contributed by atoms with E-state index in [1.165, 1.54) is 19.2 Å². The highest BCUT2D eigenvalue weighted by Crippen LogP contribution is 2.43. The number of rotatable bonds is 6. The Morgan fingerprint density at radius 3 is 2.78 bits per heavy atom. The van der Waals surface area contributed by atoms with Crippen molar-refractivity contribution in [2.24, 2.45) is 5.41 Å². The van der Waals surface area contributed by atoms with E-state index in [1.807, 2.05) is 0 Å². The number of benzene rings is 1. The summed E-state index contributed by atoms with van der Waals surface area (Å²) in [6.07, 6.45) is 1.02. The van der Waals surface area contributed by atoms with E-state index >= 15 is 0 Å². The second-order valence-corrected chi connectivity index (χ2v) is 5.88. The van der Waals surface area contributed by atoms with Crippen molar-refractivity contribution in [1.82, 2.24) is 0 Å².